The number of aromatic nitrogens is 2. The van der Waals surface area contributed by atoms with Crippen molar-refractivity contribution in [2.24, 2.45) is 0 Å². The molecule has 118 valence electrons. The molecule has 0 unspecified atom stereocenters. The lowest BCUT2D eigenvalue weighted by molar-refractivity contribution is 0.0748. The van der Waals surface area contributed by atoms with Gasteiger partial charge in [0.2, 0.25) is 0 Å². The molecule has 2 rings (SSSR count). The van der Waals surface area contributed by atoms with Gasteiger partial charge in [0.05, 0.1) is 12.3 Å². The normalized spacial score (nSPS) is 17.0. The Labute approximate surface area is 126 Å². The number of hydrogen-bond acceptors (Lipinski definition) is 4. The first kappa shape index (κ1) is 16.0. The molecular weight excluding hydrogens is 268 g/mol. The van der Waals surface area contributed by atoms with E-state index in [9.17, 15) is 4.79 Å². The lowest BCUT2D eigenvalue weighted by atomic mass is 10.2. The lowest BCUT2D eigenvalue weighted by Crippen LogP contribution is -2.36. The highest BCUT2D eigenvalue weighted by Crippen LogP contribution is 2.12. The Balaban J connectivity index is 2.07. The van der Waals surface area contributed by atoms with E-state index in [0.29, 0.717) is 18.8 Å². The number of aliphatic hydroxyl groups is 1. The first-order valence-electron chi connectivity index (χ1n) is 7.88. The molecule has 0 bridgehead atoms. The van der Waals surface area contributed by atoms with Gasteiger partial charge in [0.25, 0.3) is 5.91 Å². The summed E-state index contributed by atoms with van der Waals surface area (Å²) in [6, 6.07) is 1.92. The Morgan fingerprint density at radius 2 is 2.10 bits per heavy atom. The number of β-amino-alcohol motifs (C(OH)–C–C–N with tert-alkyl or cyclic N) is 1. The summed E-state index contributed by atoms with van der Waals surface area (Å²) < 4.78 is 1.80. The van der Waals surface area contributed by atoms with Crippen LogP contribution in [0.1, 0.15) is 36.5 Å². The molecule has 1 fully saturated rings. The third-order valence-corrected chi connectivity index (χ3v) is 4.00. The Morgan fingerprint density at radius 1 is 1.29 bits per heavy atom. The van der Waals surface area contributed by atoms with Crippen LogP contribution in [0.5, 0.6) is 0 Å². The number of rotatable bonds is 5. The molecule has 1 aromatic rings. The van der Waals surface area contributed by atoms with Crippen LogP contribution in [0.15, 0.2) is 6.07 Å². The molecule has 1 aromatic heterocycles. The summed E-state index contributed by atoms with van der Waals surface area (Å²) >= 11 is 0. The summed E-state index contributed by atoms with van der Waals surface area (Å²) in [4.78, 5) is 16.9. The number of nitrogens with zero attached hydrogens (tertiary/aromatic N) is 4. The Kier molecular flexibility index (Phi) is 5.76. The van der Waals surface area contributed by atoms with Crippen LogP contribution in [0.2, 0.25) is 0 Å². The van der Waals surface area contributed by atoms with Gasteiger partial charge in [-0.25, -0.2) is 0 Å². The zero-order valence-electron chi connectivity index (χ0n) is 13.1. The molecule has 1 amide bonds. The van der Waals surface area contributed by atoms with E-state index in [1.165, 1.54) is 0 Å². The van der Waals surface area contributed by atoms with Gasteiger partial charge in [0, 0.05) is 32.7 Å². The standard InChI is InChI=1S/C15H26N4O2/c1-3-13-12-14(19(4-2)16-13)15(21)18-7-5-6-17(8-9-18)10-11-20/h12,20H,3-11H2,1-2H3. The van der Waals surface area contributed by atoms with Gasteiger partial charge in [0.1, 0.15) is 5.69 Å². The van der Waals surface area contributed by atoms with Crippen molar-refractivity contribution in [3.63, 3.8) is 0 Å². The fourth-order valence-electron chi connectivity index (χ4n) is 2.76. The van der Waals surface area contributed by atoms with Gasteiger partial charge in [-0.15, -0.1) is 0 Å². The van der Waals surface area contributed by atoms with Gasteiger partial charge in [-0.05, 0) is 32.4 Å². The highest BCUT2D eigenvalue weighted by Gasteiger charge is 2.23. The number of carbonyl (C=O) groups is 1. The first-order chi connectivity index (χ1) is 10.2. The maximum Gasteiger partial charge on any atom is 0.272 e. The van der Waals surface area contributed by atoms with Crippen LogP contribution >= 0.6 is 0 Å². The van der Waals surface area contributed by atoms with Gasteiger partial charge >= 0.3 is 0 Å². The van der Waals surface area contributed by atoms with Crippen molar-refractivity contribution in [2.45, 2.75) is 33.2 Å². The van der Waals surface area contributed by atoms with E-state index in [0.717, 1.165) is 44.7 Å². The molecule has 0 atom stereocenters. The Morgan fingerprint density at radius 3 is 2.76 bits per heavy atom. The van der Waals surface area contributed by atoms with Crippen LogP contribution in [0.3, 0.4) is 0 Å². The minimum absolute atomic E-state index is 0.0786. The van der Waals surface area contributed by atoms with E-state index in [1.807, 2.05) is 17.9 Å². The third kappa shape index (κ3) is 3.83. The SMILES string of the molecule is CCc1cc(C(=O)N2CCCN(CCO)CC2)n(CC)n1. The largest absolute Gasteiger partial charge is 0.395 e. The number of carbonyl (C=O) groups excluding carboxylic acids is 1. The molecule has 1 aliphatic heterocycles. The number of aliphatic hydroxyl groups excluding tert-OH is 1. The molecule has 0 radical (unpaired) electrons. The summed E-state index contributed by atoms with van der Waals surface area (Å²) in [5, 5.41) is 13.5. The van der Waals surface area contributed by atoms with Crippen molar-refractivity contribution >= 4 is 5.91 Å². The van der Waals surface area contributed by atoms with Gasteiger partial charge in [-0.2, -0.15) is 5.10 Å². The van der Waals surface area contributed by atoms with E-state index in [2.05, 4.69) is 16.9 Å². The molecule has 1 aliphatic rings. The van der Waals surface area contributed by atoms with Crippen LogP contribution in [0.4, 0.5) is 0 Å². The van der Waals surface area contributed by atoms with E-state index in [4.69, 9.17) is 5.11 Å². The number of aryl methyl sites for hydroxylation is 2. The minimum atomic E-state index is 0.0786. The Hall–Kier alpha value is -1.40. The average molecular weight is 294 g/mol. The quantitative estimate of drug-likeness (QED) is 0.864. The fraction of sp³-hybridized carbons (Fsp3) is 0.733. The summed E-state index contributed by atoms with van der Waals surface area (Å²) in [6.45, 7) is 8.90. The number of amides is 1. The van der Waals surface area contributed by atoms with Crippen LogP contribution in [0, 0.1) is 0 Å². The monoisotopic (exact) mass is 294 g/mol. The van der Waals surface area contributed by atoms with Crippen molar-refractivity contribution in [1.82, 2.24) is 19.6 Å². The smallest absolute Gasteiger partial charge is 0.272 e. The molecular formula is C15H26N4O2. The van der Waals surface area contributed by atoms with Crippen LogP contribution in [-0.2, 0) is 13.0 Å². The van der Waals surface area contributed by atoms with E-state index >= 15 is 0 Å². The van der Waals surface area contributed by atoms with Crippen LogP contribution in [0.25, 0.3) is 0 Å². The zero-order chi connectivity index (χ0) is 15.2. The molecule has 1 N–H and O–H groups in total. The predicted octanol–water partition coefficient (Wildman–Crippen LogP) is 0.606. The minimum Gasteiger partial charge on any atom is -0.395 e. The van der Waals surface area contributed by atoms with Crippen molar-refractivity contribution in [1.29, 1.82) is 0 Å². The molecule has 6 nitrogen and oxygen atoms in total. The van der Waals surface area contributed by atoms with Crippen molar-refractivity contribution in [3.05, 3.63) is 17.5 Å². The van der Waals surface area contributed by atoms with E-state index in [1.54, 1.807) is 4.68 Å². The Bertz CT molecular complexity index is 472. The summed E-state index contributed by atoms with van der Waals surface area (Å²) in [6.07, 6.45) is 1.80. The van der Waals surface area contributed by atoms with Crippen LogP contribution in [-0.4, -0.2) is 69.9 Å². The van der Waals surface area contributed by atoms with Crippen LogP contribution < -0.4 is 0 Å². The maximum atomic E-state index is 12.7. The summed E-state index contributed by atoms with van der Waals surface area (Å²) in [7, 11) is 0. The predicted molar refractivity (Wildman–Crippen MR) is 81.3 cm³/mol. The lowest BCUT2D eigenvalue weighted by Gasteiger charge is -2.21. The van der Waals surface area contributed by atoms with Gasteiger partial charge in [-0.3, -0.25) is 14.4 Å². The molecule has 0 aliphatic carbocycles. The van der Waals surface area contributed by atoms with Crippen molar-refractivity contribution < 1.29 is 9.90 Å². The third-order valence-electron chi connectivity index (χ3n) is 4.00. The highest BCUT2D eigenvalue weighted by atomic mass is 16.3. The second-order valence-electron chi connectivity index (χ2n) is 5.40. The van der Waals surface area contributed by atoms with E-state index < -0.39 is 0 Å². The van der Waals surface area contributed by atoms with E-state index in [-0.39, 0.29) is 12.5 Å². The molecule has 2 heterocycles. The molecule has 0 aromatic carbocycles. The molecule has 21 heavy (non-hydrogen) atoms. The van der Waals surface area contributed by atoms with Gasteiger partial charge in [0.15, 0.2) is 0 Å². The second kappa shape index (κ2) is 7.56. The average Bonchev–Trinajstić information content (AvgIpc) is 2.79. The molecule has 6 heteroatoms. The molecule has 0 spiro atoms. The zero-order valence-corrected chi connectivity index (χ0v) is 13.1. The van der Waals surface area contributed by atoms with Gasteiger partial charge in [-0.1, -0.05) is 6.92 Å². The fourth-order valence-corrected chi connectivity index (χ4v) is 2.76. The number of hydrogen-bond donors (Lipinski definition) is 1. The second-order valence-corrected chi connectivity index (χ2v) is 5.40. The topological polar surface area (TPSA) is 61.6 Å². The van der Waals surface area contributed by atoms with Gasteiger partial charge < -0.3 is 10.0 Å². The van der Waals surface area contributed by atoms with Crippen molar-refractivity contribution in [3.8, 4) is 0 Å². The van der Waals surface area contributed by atoms with Crippen molar-refractivity contribution in [2.75, 3.05) is 39.3 Å². The summed E-state index contributed by atoms with van der Waals surface area (Å²) in [5.41, 5.74) is 1.67. The summed E-state index contributed by atoms with van der Waals surface area (Å²) in [5.74, 6) is 0.0786. The molecule has 0 saturated carbocycles. The highest BCUT2D eigenvalue weighted by molar-refractivity contribution is 5.92. The first-order valence-corrected chi connectivity index (χ1v) is 7.88. The maximum absolute atomic E-state index is 12.7. The molecule has 1 saturated heterocycles.